The zero-order chi connectivity index (χ0) is 28.7. The van der Waals surface area contributed by atoms with Crippen LogP contribution in [0.2, 0.25) is 0 Å². The van der Waals surface area contributed by atoms with Gasteiger partial charge in [0, 0.05) is 78.5 Å². The molecular formula is C24H42N10O6. The molecule has 0 aliphatic carbocycles. The molecule has 224 valence electrons. The van der Waals surface area contributed by atoms with Gasteiger partial charge in [0.1, 0.15) is 0 Å². The van der Waals surface area contributed by atoms with Crippen molar-refractivity contribution in [3.05, 3.63) is 0 Å². The first-order valence-electron chi connectivity index (χ1n) is 13.8. The lowest BCUT2D eigenvalue weighted by Crippen LogP contribution is -2.52. The predicted octanol–water partition coefficient (Wildman–Crippen LogP) is -6.07. The summed E-state index contributed by atoms with van der Waals surface area (Å²) in [6.07, 6.45) is 0. The number of carbonyl (C=O) groups is 6. The summed E-state index contributed by atoms with van der Waals surface area (Å²) in [4.78, 5) is 82.3. The van der Waals surface area contributed by atoms with Crippen LogP contribution in [-0.4, -0.2) is 173 Å². The molecule has 0 radical (unpaired) electrons. The lowest BCUT2D eigenvalue weighted by atomic mass is 10.3. The van der Waals surface area contributed by atoms with Gasteiger partial charge in [-0.25, -0.2) is 0 Å². The zero-order valence-corrected chi connectivity index (χ0v) is 23.0. The fraction of sp³-hybridized carbons (Fsp3) is 0.750. The molecule has 0 unspecified atom stereocenters. The minimum absolute atomic E-state index is 0.0983. The van der Waals surface area contributed by atoms with Gasteiger partial charge >= 0.3 is 0 Å². The van der Waals surface area contributed by atoms with E-state index >= 15 is 0 Å². The molecule has 6 heterocycles. The van der Waals surface area contributed by atoms with Gasteiger partial charge < -0.3 is 31.9 Å². The maximum absolute atomic E-state index is 12.6. The first kappa shape index (κ1) is 31.2. The van der Waals surface area contributed by atoms with Gasteiger partial charge in [0.15, 0.2) is 0 Å². The van der Waals surface area contributed by atoms with E-state index < -0.39 is 0 Å². The van der Waals surface area contributed by atoms with E-state index in [9.17, 15) is 28.8 Å². The number of rotatable bonds is 0. The van der Waals surface area contributed by atoms with Gasteiger partial charge in [-0.2, -0.15) is 0 Å². The Morgan fingerprint density at radius 3 is 0.650 bits per heavy atom. The lowest BCUT2D eigenvalue weighted by Gasteiger charge is -2.27. The second-order valence-corrected chi connectivity index (χ2v) is 10.1. The minimum Gasteiger partial charge on any atom is -0.354 e. The van der Waals surface area contributed by atoms with Crippen molar-refractivity contribution in [2.75, 3.05) is 118 Å². The fourth-order valence-corrected chi connectivity index (χ4v) is 4.68. The predicted molar refractivity (Wildman–Crippen MR) is 144 cm³/mol. The van der Waals surface area contributed by atoms with Crippen LogP contribution in [0.5, 0.6) is 0 Å². The highest BCUT2D eigenvalue weighted by atomic mass is 16.2. The first-order valence-corrected chi connectivity index (χ1v) is 13.8. The molecule has 6 saturated heterocycles. The number of hydrogen-bond donors (Lipinski definition) is 6. The molecule has 6 rings (SSSR count). The standard InChI is InChI=1S/C24H42N10O6/c35-19-13-33-14-20(36)26-2-8-31(7-1-25-19)11-5-29-24(40)18-34-15-21(37)27-3-9-32(10-4-28-22(38)16-34)12-6-30-23(39)17-33/h1-18H2,(H,25,35)(H,26,36)(H,27,37)(H,28,38)(H,29,40)(H,30,39). The number of carbonyl (C=O) groups excluding carboxylic acids is 6. The van der Waals surface area contributed by atoms with E-state index in [1.807, 2.05) is 9.80 Å². The number of hydrogen-bond acceptors (Lipinski definition) is 10. The van der Waals surface area contributed by atoms with Crippen molar-refractivity contribution in [3.63, 3.8) is 0 Å². The molecule has 6 aliphatic heterocycles. The highest BCUT2D eigenvalue weighted by Gasteiger charge is 2.21. The molecule has 40 heavy (non-hydrogen) atoms. The molecule has 0 saturated carbocycles. The Morgan fingerprint density at radius 2 is 0.475 bits per heavy atom. The Bertz CT molecular complexity index is 799. The summed E-state index contributed by atoms with van der Waals surface area (Å²) in [5.74, 6) is -1.76. The van der Waals surface area contributed by atoms with Gasteiger partial charge in [-0.1, -0.05) is 0 Å². The largest absolute Gasteiger partial charge is 0.354 e. The van der Waals surface area contributed by atoms with Gasteiger partial charge in [0.05, 0.1) is 39.3 Å². The van der Waals surface area contributed by atoms with E-state index in [0.717, 1.165) is 0 Å². The quantitative estimate of drug-likeness (QED) is 0.165. The van der Waals surface area contributed by atoms with Crippen LogP contribution in [0.1, 0.15) is 0 Å². The summed E-state index contributed by atoms with van der Waals surface area (Å²) in [6.45, 7) is 4.43. The Labute approximate surface area is 233 Å². The van der Waals surface area contributed by atoms with Crippen molar-refractivity contribution in [2.45, 2.75) is 0 Å². The lowest BCUT2D eigenvalue weighted by molar-refractivity contribution is -0.130. The van der Waals surface area contributed by atoms with Crippen LogP contribution >= 0.6 is 0 Å². The van der Waals surface area contributed by atoms with Gasteiger partial charge in [-0.3, -0.25) is 48.4 Å². The summed E-state index contributed by atoms with van der Waals surface area (Å²) in [5, 5.41) is 17.0. The molecule has 6 N–H and O–H groups in total. The van der Waals surface area contributed by atoms with Crippen LogP contribution in [0.3, 0.4) is 0 Å². The number of nitrogens with one attached hydrogen (secondary N) is 6. The molecule has 6 aliphatic rings. The molecule has 16 heteroatoms. The van der Waals surface area contributed by atoms with Crippen molar-refractivity contribution >= 4 is 35.4 Å². The molecule has 0 spiro atoms. The summed E-state index contributed by atoms with van der Waals surface area (Å²) in [5.41, 5.74) is 0. The van der Waals surface area contributed by atoms with Crippen LogP contribution in [0.4, 0.5) is 0 Å². The van der Waals surface area contributed by atoms with E-state index in [0.29, 0.717) is 78.5 Å². The van der Waals surface area contributed by atoms with Gasteiger partial charge in [-0.05, 0) is 0 Å². The molecule has 16 nitrogen and oxygen atoms in total. The highest BCUT2D eigenvalue weighted by molar-refractivity contribution is 5.85. The summed E-state index contributed by atoms with van der Waals surface area (Å²) in [6, 6.07) is 0. The number of nitrogens with zero attached hydrogens (tertiary/aromatic N) is 4. The number of amides is 6. The van der Waals surface area contributed by atoms with E-state index in [-0.39, 0.29) is 74.7 Å². The Hall–Kier alpha value is -3.34. The minimum atomic E-state index is -0.313. The molecule has 0 aromatic heterocycles. The second kappa shape index (κ2) is 16.7. The van der Waals surface area contributed by atoms with Crippen LogP contribution < -0.4 is 31.9 Å². The molecule has 6 fully saturated rings. The topological polar surface area (TPSA) is 188 Å². The van der Waals surface area contributed by atoms with Crippen LogP contribution in [0.25, 0.3) is 0 Å². The molecule has 0 aromatic carbocycles. The van der Waals surface area contributed by atoms with Crippen molar-refractivity contribution in [2.24, 2.45) is 0 Å². The average Bonchev–Trinajstić information content (AvgIpc) is 2.86. The summed E-state index contributed by atoms with van der Waals surface area (Å²) in [7, 11) is 0. The molecular weight excluding hydrogens is 524 g/mol. The Kier molecular flexibility index (Phi) is 13.0. The van der Waals surface area contributed by atoms with Crippen molar-refractivity contribution < 1.29 is 28.8 Å². The van der Waals surface area contributed by atoms with Gasteiger partial charge in [0.2, 0.25) is 35.4 Å². The van der Waals surface area contributed by atoms with Crippen molar-refractivity contribution in [1.29, 1.82) is 0 Å². The Morgan fingerprint density at radius 1 is 0.300 bits per heavy atom. The van der Waals surface area contributed by atoms with Gasteiger partial charge in [-0.15, -0.1) is 0 Å². The third-order valence-electron chi connectivity index (χ3n) is 6.70. The third-order valence-corrected chi connectivity index (χ3v) is 6.70. The fourth-order valence-electron chi connectivity index (χ4n) is 4.68. The molecule has 6 amide bonds. The normalized spacial score (nSPS) is 29.7. The zero-order valence-electron chi connectivity index (χ0n) is 23.0. The maximum atomic E-state index is 12.6. The van der Waals surface area contributed by atoms with Crippen LogP contribution in [0, 0.1) is 0 Å². The Balaban J connectivity index is 1.74. The van der Waals surface area contributed by atoms with E-state index in [2.05, 4.69) is 31.9 Å². The van der Waals surface area contributed by atoms with Crippen molar-refractivity contribution in [3.8, 4) is 0 Å². The van der Waals surface area contributed by atoms with Gasteiger partial charge in [0.25, 0.3) is 0 Å². The average molecular weight is 567 g/mol. The van der Waals surface area contributed by atoms with Crippen molar-refractivity contribution in [1.82, 2.24) is 51.5 Å². The van der Waals surface area contributed by atoms with E-state index in [1.54, 1.807) is 0 Å². The third kappa shape index (κ3) is 12.2. The molecule has 0 atom stereocenters. The summed E-state index contributed by atoms with van der Waals surface area (Å²) >= 11 is 0. The highest BCUT2D eigenvalue weighted by Crippen LogP contribution is 1.95. The first-order chi connectivity index (χ1) is 19.3. The van der Waals surface area contributed by atoms with Crippen LogP contribution in [0.15, 0.2) is 0 Å². The SMILES string of the molecule is O=C1CN2CC(=O)NCCN(CCN1)CCNC(=O)CN1CC(=O)NCCN(CCNC(=O)C1)CCNC(=O)C2. The van der Waals surface area contributed by atoms with E-state index in [1.165, 1.54) is 9.80 Å². The van der Waals surface area contributed by atoms with E-state index in [4.69, 9.17) is 0 Å². The smallest absolute Gasteiger partial charge is 0.234 e. The summed E-state index contributed by atoms with van der Waals surface area (Å²) < 4.78 is 0. The maximum Gasteiger partial charge on any atom is 0.234 e. The van der Waals surface area contributed by atoms with Crippen LogP contribution in [-0.2, 0) is 28.8 Å². The second-order valence-electron chi connectivity index (χ2n) is 10.1. The monoisotopic (exact) mass is 566 g/mol. The molecule has 0 aromatic rings. The molecule has 4 bridgehead atoms.